The first-order valence-corrected chi connectivity index (χ1v) is 4.58. The van der Waals surface area contributed by atoms with Crippen LogP contribution in [0, 0.1) is 0 Å². The Balaban J connectivity index is 2.14. The Morgan fingerprint density at radius 2 is 2.55 bits per heavy atom. The predicted octanol–water partition coefficient (Wildman–Crippen LogP) is 1.22. The van der Waals surface area contributed by atoms with Gasteiger partial charge in [-0.1, -0.05) is 6.07 Å². The van der Waals surface area contributed by atoms with Gasteiger partial charge in [0, 0.05) is 18.0 Å². The van der Waals surface area contributed by atoms with Crippen LogP contribution in [0.2, 0.25) is 0 Å². The van der Waals surface area contributed by atoms with Crippen molar-refractivity contribution in [2.24, 2.45) is 0 Å². The first kappa shape index (κ1) is 8.71. The third kappa shape index (κ3) is 3.51. The van der Waals surface area contributed by atoms with Gasteiger partial charge in [0.05, 0.1) is 6.10 Å². The molecule has 0 fully saturated rings. The van der Waals surface area contributed by atoms with E-state index in [2.05, 4.69) is 16.8 Å². The fourth-order valence-electron chi connectivity index (χ4n) is 0.817. The zero-order chi connectivity index (χ0) is 8.10. The summed E-state index contributed by atoms with van der Waals surface area (Å²) in [5.41, 5.74) is 0. The first-order valence-electron chi connectivity index (χ1n) is 3.70. The molecular weight excluding hydrogens is 158 g/mol. The number of rotatable bonds is 4. The van der Waals surface area contributed by atoms with Crippen molar-refractivity contribution >= 4 is 11.3 Å². The second kappa shape index (κ2) is 4.49. The van der Waals surface area contributed by atoms with Gasteiger partial charge >= 0.3 is 0 Å². The van der Waals surface area contributed by atoms with Gasteiger partial charge in [-0.05, 0) is 18.4 Å². The van der Waals surface area contributed by atoms with Gasteiger partial charge in [-0.25, -0.2) is 0 Å². The molecule has 0 spiro atoms. The van der Waals surface area contributed by atoms with E-state index in [1.165, 1.54) is 4.88 Å². The van der Waals surface area contributed by atoms with Gasteiger partial charge < -0.3 is 10.4 Å². The van der Waals surface area contributed by atoms with Gasteiger partial charge in [0.2, 0.25) is 0 Å². The van der Waals surface area contributed by atoms with Crippen LogP contribution in [0.3, 0.4) is 0 Å². The molecule has 1 atom stereocenters. The van der Waals surface area contributed by atoms with Gasteiger partial charge in [-0.15, -0.1) is 11.3 Å². The second-order valence-electron chi connectivity index (χ2n) is 2.56. The molecule has 1 unspecified atom stereocenters. The molecular formula is C8H13NOS. The Bertz CT molecular complexity index is 184. The van der Waals surface area contributed by atoms with Crippen LogP contribution < -0.4 is 5.32 Å². The van der Waals surface area contributed by atoms with Crippen LogP contribution in [0.1, 0.15) is 11.8 Å². The quantitative estimate of drug-likeness (QED) is 0.714. The summed E-state index contributed by atoms with van der Waals surface area (Å²) in [7, 11) is 0. The summed E-state index contributed by atoms with van der Waals surface area (Å²) in [5, 5.41) is 14.1. The molecule has 0 aliphatic heterocycles. The van der Waals surface area contributed by atoms with Crippen molar-refractivity contribution in [3.05, 3.63) is 22.4 Å². The van der Waals surface area contributed by atoms with Gasteiger partial charge in [-0.2, -0.15) is 0 Å². The lowest BCUT2D eigenvalue weighted by molar-refractivity contribution is 0.191. The Hall–Kier alpha value is -0.380. The second-order valence-corrected chi connectivity index (χ2v) is 3.59. The molecule has 2 N–H and O–H groups in total. The van der Waals surface area contributed by atoms with Crippen LogP contribution in [0.25, 0.3) is 0 Å². The number of hydrogen-bond donors (Lipinski definition) is 2. The van der Waals surface area contributed by atoms with Crippen molar-refractivity contribution in [2.45, 2.75) is 19.6 Å². The van der Waals surface area contributed by atoms with E-state index in [9.17, 15) is 0 Å². The summed E-state index contributed by atoms with van der Waals surface area (Å²) in [4.78, 5) is 1.31. The van der Waals surface area contributed by atoms with Crippen LogP contribution in [0.4, 0.5) is 0 Å². The van der Waals surface area contributed by atoms with Gasteiger partial charge in [-0.3, -0.25) is 0 Å². The van der Waals surface area contributed by atoms with Gasteiger partial charge in [0.25, 0.3) is 0 Å². The molecule has 0 bridgehead atoms. The first-order chi connectivity index (χ1) is 5.29. The lowest BCUT2D eigenvalue weighted by atomic mass is 10.4. The molecule has 1 heterocycles. The SMILES string of the molecule is CC(O)CNCc1cccs1. The van der Waals surface area contributed by atoms with Crippen LogP contribution >= 0.6 is 11.3 Å². The molecule has 0 aliphatic carbocycles. The average Bonchev–Trinajstić information content (AvgIpc) is 2.39. The number of aliphatic hydroxyl groups is 1. The summed E-state index contributed by atoms with van der Waals surface area (Å²) in [5.74, 6) is 0. The van der Waals surface area contributed by atoms with Crippen molar-refractivity contribution in [1.82, 2.24) is 5.32 Å². The highest BCUT2D eigenvalue weighted by atomic mass is 32.1. The molecule has 0 aromatic carbocycles. The van der Waals surface area contributed by atoms with Crippen molar-refractivity contribution < 1.29 is 5.11 Å². The predicted molar refractivity (Wildman–Crippen MR) is 47.7 cm³/mol. The van der Waals surface area contributed by atoms with Crippen molar-refractivity contribution in [3.63, 3.8) is 0 Å². The maximum absolute atomic E-state index is 8.92. The van der Waals surface area contributed by atoms with Crippen LogP contribution in [0.15, 0.2) is 17.5 Å². The average molecular weight is 171 g/mol. The Morgan fingerprint density at radius 3 is 3.09 bits per heavy atom. The molecule has 62 valence electrons. The Labute approximate surface area is 70.9 Å². The van der Waals surface area contributed by atoms with Crippen LogP contribution in [-0.2, 0) is 6.54 Å². The van der Waals surface area contributed by atoms with E-state index in [1.54, 1.807) is 18.3 Å². The molecule has 1 aromatic heterocycles. The molecule has 3 heteroatoms. The summed E-state index contributed by atoms with van der Waals surface area (Å²) in [6.07, 6.45) is -0.255. The minimum Gasteiger partial charge on any atom is -0.392 e. The van der Waals surface area contributed by atoms with Crippen molar-refractivity contribution in [3.8, 4) is 0 Å². The van der Waals surface area contributed by atoms with Crippen molar-refractivity contribution in [2.75, 3.05) is 6.54 Å². The molecule has 1 aromatic rings. The molecule has 0 saturated carbocycles. The zero-order valence-electron chi connectivity index (χ0n) is 6.58. The Morgan fingerprint density at radius 1 is 1.73 bits per heavy atom. The standard InChI is InChI=1S/C8H13NOS/c1-7(10)5-9-6-8-3-2-4-11-8/h2-4,7,9-10H,5-6H2,1H3. The minimum absolute atomic E-state index is 0.255. The highest BCUT2D eigenvalue weighted by Crippen LogP contribution is 2.06. The van der Waals surface area contributed by atoms with E-state index >= 15 is 0 Å². The van der Waals surface area contributed by atoms with Crippen LogP contribution in [0.5, 0.6) is 0 Å². The summed E-state index contributed by atoms with van der Waals surface area (Å²) < 4.78 is 0. The number of nitrogens with one attached hydrogen (secondary N) is 1. The highest BCUT2D eigenvalue weighted by molar-refractivity contribution is 7.09. The molecule has 0 radical (unpaired) electrons. The van der Waals surface area contributed by atoms with E-state index < -0.39 is 0 Å². The summed E-state index contributed by atoms with van der Waals surface area (Å²) in [6, 6.07) is 4.11. The van der Waals surface area contributed by atoms with E-state index in [1.807, 2.05) is 6.07 Å². The lowest BCUT2D eigenvalue weighted by Gasteiger charge is -2.04. The molecule has 11 heavy (non-hydrogen) atoms. The van der Waals surface area contributed by atoms with E-state index in [0.29, 0.717) is 6.54 Å². The summed E-state index contributed by atoms with van der Waals surface area (Å²) in [6.45, 7) is 3.31. The normalized spacial score (nSPS) is 13.3. The third-order valence-corrected chi connectivity index (χ3v) is 2.20. The zero-order valence-corrected chi connectivity index (χ0v) is 7.40. The highest BCUT2D eigenvalue weighted by Gasteiger charge is 1.95. The molecule has 2 nitrogen and oxygen atoms in total. The maximum atomic E-state index is 8.92. The number of thiophene rings is 1. The Kier molecular flexibility index (Phi) is 3.56. The maximum Gasteiger partial charge on any atom is 0.0636 e. The van der Waals surface area contributed by atoms with Gasteiger partial charge in [0.15, 0.2) is 0 Å². The fraction of sp³-hybridized carbons (Fsp3) is 0.500. The molecule has 1 rings (SSSR count). The largest absolute Gasteiger partial charge is 0.392 e. The molecule has 0 saturated heterocycles. The van der Waals surface area contributed by atoms with E-state index in [0.717, 1.165) is 6.54 Å². The number of hydrogen-bond acceptors (Lipinski definition) is 3. The van der Waals surface area contributed by atoms with Gasteiger partial charge in [0.1, 0.15) is 0 Å². The monoisotopic (exact) mass is 171 g/mol. The lowest BCUT2D eigenvalue weighted by Crippen LogP contribution is -2.23. The molecule has 0 amide bonds. The summed E-state index contributed by atoms with van der Waals surface area (Å²) >= 11 is 1.73. The fourth-order valence-corrected chi connectivity index (χ4v) is 1.49. The minimum atomic E-state index is -0.255. The molecule has 0 aliphatic rings. The topological polar surface area (TPSA) is 32.3 Å². The smallest absolute Gasteiger partial charge is 0.0636 e. The van der Waals surface area contributed by atoms with Crippen LogP contribution in [-0.4, -0.2) is 17.8 Å². The van der Waals surface area contributed by atoms with E-state index in [4.69, 9.17) is 5.11 Å². The van der Waals surface area contributed by atoms with E-state index in [-0.39, 0.29) is 6.10 Å². The number of aliphatic hydroxyl groups excluding tert-OH is 1. The third-order valence-electron chi connectivity index (χ3n) is 1.32. The van der Waals surface area contributed by atoms with Crippen molar-refractivity contribution in [1.29, 1.82) is 0 Å².